The van der Waals surface area contributed by atoms with Crippen LogP contribution in [0.2, 0.25) is 0 Å². The van der Waals surface area contributed by atoms with Crippen molar-refractivity contribution in [3.8, 4) is 11.1 Å². The third kappa shape index (κ3) is 4.88. The number of amides is 1. The van der Waals surface area contributed by atoms with E-state index in [1.54, 1.807) is 22.6 Å². The summed E-state index contributed by atoms with van der Waals surface area (Å²) in [5.41, 5.74) is 8.22. The standard InChI is InChI=1S/C23H31N3O3/c1-16(26-13-12-23(4,29-21(26)28)15-22(2,3)24)17-6-8-18(9-7-17)19-10-11-20(27)25(5)14-19/h6-11,14,16H,12-13,15,24H2,1-5H3/t16-,23-/m0/s1. The molecule has 1 aliphatic heterocycles. The van der Waals surface area contributed by atoms with E-state index in [-0.39, 0.29) is 23.2 Å². The number of cyclic esters (lactones) is 1. The Bertz CT molecular complexity index is 943. The number of rotatable bonds is 5. The third-order valence-corrected chi connectivity index (χ3v) is 5.56. The second-order valence-electron chi connectivity index (χ2n) is 9.09. The lowest BCUT2D eigenvalue weighted by atomic mass is 9.85. The molecule has 0 spiro atoms. The van der Waals surface area contributed by atoms with Crippen LogP contribution in [0, 0.1) is 0 Å². The number of carbonyl (C=O) groups is 1. The number of ether oxygens (including phenoxy) is 1. The molecule has 0 saturated carbocycles. The summed E-state index contributed by atoms with van der Waals surface area (Å²) in [4.78, 5) is 26.1. The van der Waals surface area contributed by atoms with Crippen molar-refractivity contribution < 1.29 is 9.53 Å². The minimum atomic E-state index is -0.529. The lowest BCUT2D eigenvalue weighted by Gasteiger charge is -2.43. The molecule has 0 aliphatic carbocycles. The van der Waals surface area contributed by atoms with Gasteiger partial charge in [-0.3, -0.25) is 4.79 Å². The Labute approximate surface area is 172 Å². The van der Waals surface area contributed by atoms with Gasteiger partial charge in [-0.25, -0.2) is 4.79 Å². The normalized spacial score (nSPS) is 21.0. The first-order valence-electron chi connectivity index (χ1n) is 10.0. The van der Waals surface area contributed by atoms with Crippen molar-refractivity contribution in [2.75, 3.05) is 6.54 Å². The van der Waals surface area contributed by atoms with Crippen molar-refractivity contribution >= 4 is 6.09 Å². The number of aromatic nitrogens is 1. The number of nitrogens with two attached hydrogens (primary N) is 1. The number of benzene rings is 1. The highest BCUT2D eigenvalue weighted by atomic mass is 16.6. The average Bonchev–Trinajstić information content (AvgIpc) is 2.62. The van der Waals surface area contributed by atoms with E-state index in [2.05, 4.69) is 0 Å². The highest BCUT2D eigenvalue weighted by Gasteiger charge is 2.41. The largest absolute Gasteiger partial charge is 0.443 e. The summed E-state index contributed by atoms with van der Waals surface area (Å²) < 4.78 is 7.36. The lowest BCUT2D eigenvalue weighted by Crippen LogP contribution is -2.52. The molecule has 1 amide bonds. The summed E-state index contributed by atoms with van der Waals surface area (Å²) in [5.74, 6) is 0. The summed E-state index contributed by atoms with van der Waals surface area (Å²) >= 11 is 0. The van der Waals surface area contributed by atoms with Gasteiger partial charge in [0, 0.05) is 44.2 Å². The molecule has 6 heteroatoms. The molecule has 2 N–H and O–H groups in total. The number of aryl methyl sites for hydroxylation is 1. The topological polar surface area (TPSA) is 77.6 Å². The van der Waals surface area contributed by atoms with Crippen LogP contribution in [0.5, 0.6) is 0 Å². The van der Waals surface area contributed by atoms with E-state index in [0.29, 0.717) is 13.0 Å². The Kier molecular flexibility index (Phi) is 5.59. The molecular formula is C23H31N3O3. The highest BCUT2D eigenvalue weighted by molar-refractivity contribution is 5.70. The van der Waals surface area contributed by atoms with Gasteiger partial charge < -0.3 is 19.9 Å². The van der Waals surface area contributed by atoms with E-state index in [1.807, 2.05) is 64.2 Å². The molecule has 0 unspecified atom stereocenters. The summed E-state index contributed by atoms with van der Waals surface area (Å²) in [6, 6.07) is 11.4. The maximum absolute atomic E-state index is 12.7. The van der Waals surface area contributed by atoms with E-state index in [4.69, 9.17) is 10.5 Å². The predicted molar refractivity (Wildman–Crippen MR) is 115 cm³/mol. The van der Waals surface area contributed by atoms with Crippen LogP contribution >= 0.6 is 0 Å². The van der Waals surface area contributed by atoms with Crippen molar-refractivity contribution in [2.24, 2.45) is 12.8 Å². The van der Waals surface area contributed by atoms with Gasteiger partial charge in [0.15, 0.2) is 0 Å². The van der Waals surface area contributed by atoms with Crippen LogP contribution in [0.3, 0.4) is 0 Å². The zero-order valence-corrected chi connectivity index (χ0v) is 17.9. The maximum Gasteiger partial charge on any atom is 0.410 e. The molecule has 2 heterocycles. The molecule has 156 valence electrons. The van der Waals surface area contributed by atoms with Crippen molar-refractivity contribution in [2.45, 2.75) is 57.7 Å². The van der Waals surface area contributed by atoms with Gasteiger partial charge in [-0.2, -0.15) is 0 Å². The van der Waals surface area contributed by atoms with Crippen molar-refractivity contribution in [1.29, 1.82) is 0 Å². The number of nitrogens with zero attached hydrogens (tertiary/aromatic N) is 2. The van der Waals surface area contributed by atoms with Gasteiger partial charge in [0.1, 0.15) is 5.60 Å². The van der Waals surface area contributed by atoms with Gasteiger partial charge >= 0.3 is 6.09 Å². The quantitative estimate of drug-likeness (QED) is 0.831. The summed E-state index contributed by atoms with van der Waals surface area (Å²) in [5, 5.41) is 0. The molecule has 1 aliphatic rings. The number of pyridine rings is 1. The van der Waals surface area contributed by atoms with E-state index in [9.17, 15) is 9.59 Å². The van der Waals surface area contributed by atoms with Gasteiger partial charge in [-0.05, 0) is 50.5 Å². The molecule has 1 aromatic heterocycles. The van der Waals surface area contributed by atoms with E-state index < -0.39 is 5.60 Å². The first kappa shape index (κ1) is 21.1. The minimum absolute atomic E-state index is 0.0346. The highest BCUT2D eigenvalue weighted by Crippen LogP contribution is 2.34. The fourth-order valence-corrected chi connectivity index (χ4v) is 4.11. The van der Waals surface area contributed by atoms with E-state index >= 15 is 0 Å². The average molecular weight is 398 g/mol. The second-order valence-corrected chi connectivity index (χ2v) is 9.09. The Morgan fingerprint density at radius 1 is 1.14 bits per heavy atom. The Balaban J connectivity index is 1.72. The second kappa shape index (κ2) is 7.67. The number of hydrogen-bond acceptors (Lipinski definition) is 4. The third-order valence-electron chi connectivity index (χ3n) is 5.56. The Hall–Kier alpha value is -2.60. The molecule has 6 nitrogen and oxygen atoms in total. The Morgan fingerprint density at radius 2 is 1.76 bits per heavy atom. The van der Waals surface area contributed by atoms with Crippen LogP contribution in [0.4, 0.5) is 4.79 Å². The molecule has 2 atom stereocenters. The molecule has 29 heavy (non-hydrogen) atoms. The summed E-state index contributed by atoms with van der Waals surface area (Å²) in [6.45, 7) is 8.51. The zero-order valence-electron chi connectivity index (χ0n) is 17.9. The van der Waals surface area contributed by atoms with Crippen molar-refractivity contribution in [1.82, 2.24) is 9.47 Å². The molecule has 2 aromatic rings. The van der Waals surface area contributed by atoms with Gasteiger partial charge in [0.25, 0.3) is 0 Å². The molecular weight excluding hydrogens is 366 g/mol. The van der Waals surface area contributed by atoms with Crippen LogP contribution in [0.1, 0.15) is 52.1 Å². The van der Waals surface area contributed by atoms with Crippen molar-refractivity contribution in [3.05, 3.63) is 58.5 Å². The van der Waals surface area contributed by atoms with Crippen molar-refractivity contribution in [3.63, 3.8) is 0 Å². The summed E-state index contributed by atoms with van der Waals surface area (Å²) in [7, 11) is 1.74. The van der Waals surface area contributed by atoms with Crippen LogP contribution in [-0.2, 0) is 11.8 Å². The van der Waals surface area contributed by atoms with Gasteiger partial charge in [0.05, 0.1) is 6.04 Å². The molecule has 1 aromatic carbocycles. The molecule has 3 rings (SSSR count). The first-order valence-corrected chi connectivity index (χ1v) is 10.0. The van der Waals surface area contributed by atoms with Crippen LogP contribution in [0.15, 0.2) is 47.4 Å². The van der Waals surface area contributed by atoms with Crippen LogP contribution < -0.4 is 11.3 Å². The number of hydrogen-bond donors (Lipinski definition) is 1. The lowest BCUT2D eigenvalue weighted by molar-refractivity contribution is -0.0577. The Morgan fingerprint density at radius 3 is 2.31 bits per heavy atom. The summed E-state index contributed by atoms with van der Waals surface area (Å²) in [6.07, 6.45) is 2.91. The van der Waals surface area contributed by atoms with Gasteiger partial charge in [-0.1, -0.05) is 24.3 Å². The zero-order chi connectivity index (χ0) is 21.4. The fourth-order valence-electron chi connectivity index (χ4n) is 4.11. The molecule has 0 radical (unpaired) electrons. The minimum Gasteiger partial charge on any atom is -0.443 e. The fraction of sp³-hybridized carbons (Fsp3) is 0.478. The smallest absolute Gasteiger partial charge is 0.410 e. The van der Waals surface area contributed by atoms with Crippen LogP contribution in [0.25, 0.3) is 11.1 Å². The SMILES string of the molecule is C[C@@H](c1ccc(-c2ccc(=O)n(C)c2)cc1)N1CC[C@@](C)(CC(C)(C)N)OC1=O. The maximum atomic E-state index is 12.7. The van der Waals surface area contributed by atoms with Crippen LogP contribution in [-0.4, -0.2) is 33.2 Å². The molecule has 1 saturated heterocycles. The monoisotopic (exact) mass is 397 g/mol. The first-order chi connectivity index (χ1) is 13.5. The van der Waals surface area contributed by atoms with Gasteiger partial charge in [0.2, 0.25) is 5.56 Å². The molecule has 0 bridgehead atoms. The molecule has 1 fully saturated rings. The number of carbonyl (C=O) groups excluding carboxylic acids is 1. The predicted octanol–water partition coefficient (Wildman–Crippen LogP) is 3.84. The van der Waals surface area contributed by atoms with E-state index in [1.165, 1.54) is 0 Å². The van der Waals surface area contributed by atoms with E-state index in [0.717, 1.165) is 23.1 Å². The van der Waals surface area contributed by atoms with Gasteiger partial charge in [-0.15, -0.1) is 0 Å².